The third-order valence-electron chi connectivity index (χ3n) is 10.4. The van der Waals surface area contributed by atoms with Gasteiger partial charge in [-0.2, -0.15) is 0 Å². The molecule has 0 saturated heterocycles. The van der Waals surface area contributed by atoms with Crippen molar-refractivity contribution < 1.29 is 0 Å². The van der Waals surface area contributed by atoms with E-state index >= 15 is 0 Å². The van der Waals surface area contributed by atoms with Gasteiger partial charge in [-0.05, 0) is 103 Å². The summed E-state index contributed by atoms with van der Waals surface area (Å²) >= 11 is 1.90. The van der Waals surface area contributed by atoms with Gasteiger partial charge >= 0.3 is 0 Å². The Morgan fingerprint density at radius 2 is 1.20 bits per heavy atom. The van der Waals surface area contributed by atoms with Crippen molar-refractivity contribution in [3.8, 4) is 22.3 Å². The Hall–Kier alpha value is -5.11. The van der Waals surface area contributed by atoms with Gasteiger partial charge in [0.15, 0.2) is 0 Å². The fourth-order valence-corrected chi connectivity index (χ4v) is 9.65. The van der Waals surface area contributed by atoms with Gasteiger partial charge < -0.3 is 0 Å². The molecule has 1 aliphatic heterocycles. The molecule has 1 unspecified atom stereocenters. The Labute approximate surface area is 273 Å². The summed E-state index contributed by atoms with van der Waals surface area (Å²) in [6.45, 7) is 0. The minimum absolute atomic E-state index is 0.373. The minimum atomic E-state index is -0.373. The molecule has 0 aromatic heterocycles. The average Bonchev–Trinajstić information content (AvgIpc) is 3.41. The van der Waals surface area contributed by atoms with Gasteiger partial charge in [-0.3, -0.25) is 0 Å². The monoisotopic (exact) mass is 602 g/mol. The Morgan fingerprint density at radius 1 is 0.522 bits per heavy atom. The maximum Gasteiger partial charge on any atom is 0.0710 e. The van der Waals surface area contributed by atoms with E-state index in [9.17, 15) is 0 Å². The smallest absolute Gasteiger partial charge is 0.0710 e. The standard InChI is InChI=1S/C45H30S/c1-2-15-33(16-3-1)45(39-20-7-6-17-36(39)38-27-31-11-4-5-12-32(31)28-40(38)45)34-25-23-29(24-26-34)35-18-10-22-42-44(35)37-19-8-13-30-14-9-21-41(46-42)43(30)37/h1-5,7-16,18-28H,6,17H2. The van der Waals surface area contributed by atoms with Crippen LogP contribution in [-0.4, -0.2) is 0 Å². The van der Waals surface area contributed by atoms with Crippen molar-refractivity contribution in [3.05, 3.63) is 186 Å². The van der Waals surface area contributed by atoms with E-state index in [1.54, 1.807) is 0 Å². The number of hydrogen-bond donors (Lipinski definition) is 0. The molecular weight excluding hydrogens is 573 g/mol. The first-order valence-corrected chi connectivity index (χ1v) is 17.1. The highest BCUT2D eigenvalue weighted by atomic mass is 32.2. The summed E-state index contributed by atoms with van der Waals surface area (Å²) in [4.78, 5) is 2.67. The van der Waals surface area contributed by atoms with E-state index in [1.807, 2.05) is 11.8 Å². The van der Waals surface area contributed by atoms with Gasteiger partial charge in [0.25, 0.3) is 0 Å². The lowest BCUT2D eigenvalue weighted by Crippen LogP contribution is -2.29. The van der Waals surface area contributed by atoms with Crippen LogP contribution < -0.4 is 0 Å². The van der Waals surface area contributed by atoms with Gasteiger partial charge in [0.2, 0.25) is 0 Å². The quantitative estimate of drug-likeness (QED) is 0.194. The van der Waals surface area contributed by atoms with Gasteiger partial charge in [0.1, 0.15) is 0 Å². The predicted octanol–water partition coefficient (Wildman–Crippen LogP) is 12.2. The number of benzene rings is 7. The normalized spacial score (nSPS) is 17.7. The predicted molar refractivity (Wildman–Crippen MR) is 195 cm³/mol. The van der Waals surface area contributed by atoms with Crippen LogP contribution in [-0.2, 0) is 5.41 Å². The summed E-state index contributed by atoms with van der Waals surface area (Å²) in [6.07, 6.45) is 6.96. The molecule has 0 saturated carbocycles. The lowest BCUT2D eigenvalue weighted by molar-refractivity contribution is 0.758. The third kappa shape index (κ3) is 3.58. The molecule has 7 aromatic rings. The summed E-state index contributed by atoms with van der Waals surface area (Å²) in [5.74, 6) is 0. The molecule has 0 radical (unpaired) electrons. The Morgan fingerprint density at radius 3 is 2.04 bits per heavy atom. The largest absolute Gasteiger partial charge is 0.0888 e. The molecule has 10 rings (SSSR count). The lowest BCUT2D eigenvalue weighted by Gasteiger charge is -2.35. The van der Waals surface area contributed by atoms with E-state index in [0.29, 0.717) is 0 Å². The molecule has 0 nitrogen and oxygen atoms in total. The van der Waals surface area contributed by atoms with Gasteiger partial charge in [-0.25, -0.2) is 0 Å². The summed E-state index contributed by atoms with van der Waals surface area (Å²) in [5.41, 5.74) is 13.2. The van der Waals surface area contributed by atoms with Crippen LogP contribution in [0.5, 0.6) is 0 Å². The van der Waals surface area contributed by atoms with Crippen LogP contribution in [0, 0.1) is 0 Å². The summed E-state index contributed by atoms with van der Waals surface area (Å²) in [6, 6.07) is 54.7. The van der Waals surface area contributed by atoms with Crippen molar-refractivity contribution in [2.24, 2.45) is 0 Å². The Kier molecular flexibility index (Phi) is 5.65. The highest BCUT2D eigenvalue weighted by Gasteiger charge is 2.47. The number of allylic oxidation sites excluding steroid dienone is 4. The molecule has 7 aromatic carbocycles. The number of rotatable bonds is 3. The van der Waals surface area contributed by atoms with Crippen molar-refractivity contribution in [1.29, 1.82) is 0 Å². The molecule has 2 aliphatic carbocycles. The van der Waals surface area contributed by atoms with Crippen LogP contribution in [0.4, 0.5) is 0 Å². The van der Waals surface area contributed by atoms with E-state index in [2.05, 4.69) is 158 Å². The van der Waals surface area contributed by atoms with Crippen molar-refractivity contribution >= 4 is 38.9 Å². The highest BCUT2D eigenvalue weighted by molar-refractivity contribution is 7.99. The number of fused-ring (bicyclic) bond motifs is 5. The van der Waals surface area contributed by atoms with E-state index in [-0.39, 0.29) is 5.41 Å². The first-order chi connectivity index (χ1) is 22.8. The van der Waals surface area contributed by atoms with Gasteiger partial charge in [-0.1, -0.05) is 145 Å². The highest BCUT2D eigenvalue weighted by Crippen LogP contribution is 2.58. The molecule has 0 N–H and O–H groups in total. The summed E-state index contributed by atoms with van der Waals surface area (Å²) in [7, 11) is 0. The molecule has 1 heterocycles. The number of hydrogen-bond acceptors (Lipinski definition) is 1. The Bertz CT molecular complexity index is 2420. The molecule has 3 aliphatic rings. The van der Waals surface area contributed by atoms with Gasteiger partial charge in [0, 0.05) is 20.7 Å². The second-order valence-electron chi connectivity index (χ2n) is 12.7. The Balaban J connectivity index is 1.20. The van der Waals surface area contributed by atoms with E-state index in [4.69, 9.17) is 0 Å². The average molecular weight is 603 g/mol. The van der Waals surface area contributed by atoms with Gasteiger partial charge in [0.05, 0.1) is 5.41 Å². The molecule has 46 heavy (non-hydrogen) atoms. The molecule has 0 fully saturated rings. The molecule has 0 spiro atoms. The van der Waals surface area contributed by atoms with Crippen LogP contribution in [0.15, 0.2) is 173 Å². The van der Waals surface area contributed by atoms with E-state index in [0.717, 1.165) is 12.8 Å². The van der Waals surface area contributed by atoms with Crippen LogP contribution in [0.2, 0.25) is 0 Å². The van der Waals surface area contributed by atoms with E-state index < -0.39 is 0 Å². The summed E-state index contributed by atoms with van der Waals surface area (Å²) < 4.78 is 0. The third-order valence-corrected chi connectivity index (χ3v) is 11.5. The maximum absolute atomic E-state index is 2.47. The zero-order valence-electron chi connectivity index (χ0n) is 25.3. The van der Waals surface area contributed by atoms with Gasteiger partial charge in [-0.15, -0.1) is 0 Å². The van der Waals surface area contributed by atoms with Crippen molar-refractivity contribution in [2.45, 2.75) is 28.0 Å². The maximum atomic E-state index is 2.47. The fraction of sp³-hybridized carbons (Fsp3) is 0.0667. The van der Waals surface area contributed by atoms with Crippen molar-refractivity contribution in [1.82, 2.24) is 0 Å². The summed E-state index contributed by atoms with van der Waals surface area (Å²) in [5, 5.41) is 5.28. The molecule has 1 atom stereocenters. The minimum Gasteiger partial charge on any atom is -0.0888 e. The molecule has 1 heteroatoms. The van der Waals surface area contributed by atoms with Crippen molar-refractivity contribution in [3.63, 3.8) is 0 Å². The van der Waals surface area contributed by atoms with Crippen LogP contribution in [0.1, 0.15) is 35.1 Å². The fourth-order valence-electron chi connectivity index (χ4n) is 8.47. The zero-order valence-corrected chi connectivity index (χ0v) is 26.2. The topological polar surface area (TPSA) is 0 Å². The van der Waals surface area contributed by atoms with Crippen LogP contribution in [0.25, 0.3) is 49.4 Å². The van der Waals surface area contributed by atoms with Crippen LogP contribution >= 0.6 is 11.8 Å². The first-order valence-electron chi connectivity index (χ1n) is 16.2. The molecular formula is C45H30S. The lowest BCUT2D eigenvalue weighted by atomic mass is 9.66. The first kappa shape index (κ1) is 26.1. The van der Waals surface area contributed by atoms with E-state index in [1.165, 1.54) is 87.0 Å². The second-order valence-corrected chi connectivity index (χ2v) is 13.8. The zero-order chi connectivity index (χ0) is 30.2. The molecule has 0 amide bonds. The SMILES string of the molecule is C1=CC2=C(CC1)c1cc3ccccc3cc1C2(c1ccccc1)c1ccc(-c2cccc3c2-c2cccc4cccc(c24)S3)cc1. The molecule has 216 valence electrons. The van der Waals surface area contributed by atoms with Crippen LogP contribution in [0.3, 0.4) is 0 Å². The van der Waals surface area contributed by atoms with Crippen molar-refractivity contribution in [2.75, 3.05) is 0 Å². The second kappa shape index (κ2) is 9.94. The molecule has 0 bridgehead atoms.